The van der Waals surface area contributed by atoms with Crippen molar-refractivity contribution in [3.8, 4) is 6.07 Å². The third-order valence-electron chi connectivity index (χ3n) is 8.25. The Morgan fingerprint density at radius 1 is 1.10 bits per heavy atom. The van der Waals surface area contributed by atoms with Crippen LogP contribution in [0.15, 0.2) is 48.5 Å². The van der Waals surface area contributed by atoms with E-state index in [1.165, 1.54) is 0 Å². The molecule has 0 bridgehead atoms. The standard InChI is InChI=1S/C32H40Cl2N2O3/c1-7-25(16-30(2,3)20-35)36-28(21-11-13-23(33)14-12-21)27(22-9-8-10-24(34)15-22)18-32(6,29(36)37)17-26-19-38-31(4,5)39-26/h8-15,25-28H,7,16-19H2,1-6H3/t25-,26?,27+,28+,32-/m0/s1. The molecule has 7 heteroatoms. The summed E-state index contributed by atoms with van der Waals surface area (Å²) in [6.45, 7) is 12.3. The van der Waals surface area contributed by atoms with Crippen LogP contribution in [0, 0.1) is 22.2 Å². The van der Waals surface area contributed by atoms with E-state index in [4.69, 9.17) is 32.7 Å². The molecule has 4 rings (SSSR count). The van der Waals surface area contributed by atoms with Gasteiger partial charge in [0.05, 0.1) is 30.2 Å². The van der Waals surface area contributed by atoms with Crippen molar-refractivity contribution < 1.29 is 14.3 Å². The zero-order valence-corrected chi connectivity index (χ0v) is 25.4. The van der Waals surface area contributed by atoms with Crippen molar-refractivity contribution in [3.63, 3.8) is 0 Å². The number of nitrogens with zero attached hydrogens (tertiary/aromatic N) is 2. The Morgan fingerprint density at radius 2 is 1.79 bits per heavy atom. The van der Waals surface area contributed by atoms with Crippen molar-refractivity contribution in [1.82, 2.24) is 4.90 Å². The number of halogens is 2. The van der Waals surface area contributed by atoms with Crippen molar-refractivity contribution in [2.45, 2.75) is 97.1 Å². The van der Waals surface area contributed by atoms with Crippen LogP contribution in [0.4, 0.5) is 0 Å². The highest BCUT2D eigenvalue weighted by Gasteiger charge is 2.53. The summed E-state index contributed by atoms with van der Waals surface area (Å²) in [6.07, 6.45) is 2.31. The van der Waals surface area contributed by atoms with Crippen LogP contribution in [-0.4, -0.2) is 35.3 Å². The largest absolute Gasteiger partial charge is 0.348 e. The van der Waals surface area contributed by atoms with Crippen LogP contribution in [-0.2, 0) is 14.3 Å². The molecule has 0 spiro atoms. The molecule has 0 radical (unpaired) electrons. The topological polar surface area (TPSA) is 62.6 Å². The number of carbonyl (C=O) groups excluding carboxylic acids is 1. The second-order valence-electron chi connectivity index (χ2n) is 12.6. The minimum atomic E-state index is -0.700. The molecule has 5 nitrogen and oxygen atoms in total. The Bertz CT molecular complexity index is 1220. The lowest BCUT2D eigenvalue weighted by Gasteiger charge is -2.53. The number of nitriles is 1. The van der Waals surface area contributed by atoms with Gasteiger partial charge in [-0.3, -0.25) is 4.79 Å². The average molecular weight is 572 g/mol. The molecule has 0 N–H and O–H groups in total. The Labute approximate surface area is 243 Å². The quantitative estimate of drug-likeness (QED) is 0.320. The maximum Gasteiger partial charge on any atom is 0.229 e. The molecule has 5 atom stereocenters. The first-order valence-electron chi connectivity index (χ1n) is 13.8. The lowest BCUT2D eigenvalue weighted by Crippen LogP contribution is -2.57. The Kier molecular flexibility index (Phi) is 8.74. The number of carbonyl (C=O) groups is 1. The third kappa shape index (κ3) is 6.63. The summed E-state index contributed by atoms with van der Waals surface area (Å²) in [7, 11) is 0. The summed E-state index contributed by atoms with van der Waals surface area (Å²) in [6, 6.07) is 17.9. The molecule has 0 aliphatic carbocycles. The Hall–Kier alpha value is -2.10. The van der Waals surface area contributed by atoms with Crippen molar-refractivity contribution in [1.29, 1.82) is 5.26 Å². The van der Waals surface area contributed by atoms with Gasteiger partial charge >= 0.3 is 0 Å². The van der Waals surface area contributed by atoms with Crippen molar-refractivity contribution in [2.24, 2.45) is 10.8 Å². The first-order valence-corrected chi connectivity index (χ1v) is 14.6. The van der Waals surface area contributed by atoms with Gasteiger partial charge in [0.15, 0.2) is 5.79 Å². The highest BCUT2D eigenvalue weighted by Crippen LogP contribution is 2.53. The average Bonchev–Trinajstić information content (AvgIpc) is 3.22. The minimum Gasteiger partial charge on any atom is -0.348 e. The van der Waals surface area contributed by atoms with Crippen LogP contribution in [0.2, 0.25) is 10.0 Å². The summed E-state index contributed by atoms with van der Waals surface area (Å²) < 4.78 is 12.1. The van der Waals surface area contributed by atoms with Gasteiger partial charge in [0.2, 0.25) is 5.91 Å². The van der Waals surface area contributed by atoms with Gasteiger partial charge in [-0.2, -0.15) is 5.26 Å². The number of hydrogen-bond donors (Lipinski definition) is 0. The fraction of sp³-hybridized carbons (Fsp3) is 0.562. The van der Waals surface area contributed by atoms with E-state index in [-0.39, 0.29) is 30.0 Å². The van der Waals surface area contributed by atoms with Gasteiger partial charge in [0.1, 0.15) is 0 Å². The van der Waals surface area contributed by atoms with Gasteiger partial charge in [-0.25, -0.2) is 0 Å². The smallest absolute Gasteiger partial charge is 0.229 e. The molecule has 2 saturated heterocycles. The SMILES string of the molecule is CC[C@@H](CC(C)(C)C#N)N1C(=O)[C@@](C)(CC2COC(C)(C)O2)C[C@H](c2cccc(Cl)c2)[C@H]1c1ccc(Cl)cc1. The van der Waals surface area contributed by atoms with Crippen LogP contribution in [0.3, 0.4) is 0 Å². The normalized spacial score (nSPS) is 27.8. The van der Waals surface area contributed by atoms with E-state index in [1.807, 2.05) is 70.2 Å². The van der Waals surface area contributed by atoms with Crippen molar-refractivity contribution >= 4 is 29.1 Å². The van der Waals surface area contributed by atoms with Gasteiger partial charge in [-0.15, -0.1) is 0 Å². The van der Waals surface area contributed by atoms with E-state index in [9.17, 15) is 10.1 Å². The predicted octanol–water partition coefficient (Wildman–Crippen LogP) is 8.32. The Morgan fingerprint density at radius 3 is 2.36 bits per heavy atom. The van der Waals surface area contributed by atoms with Gasteiger partial charge < -0.3 is 14.4 Å². The van der Waals surface area contributed by atoms with E-state index < -0.39 is 16.6 Å². The Balaban J connectivity index is 1.86. The molecule has 0 saturated carbocycles. The number of rotatable bonds is 8. The van der Waals surface area contributed by atoms with Crippen molar-refractivity contribution in [3.05, 3.63) is 69.7 Å². The summed E-state index contributed by atoms with van der Waals surface area (Å²) in [5, 5.41) is 11.2. The van der Waals surface area contributed by atoms with E-state index in [0.717, 1.165) is 17.5 Å². The van der Waals surface area contributed by atoms with Crippen LogP contribution in [0.25, 0.3) is 0 Å². The molecule has 2 aliphatic heterocycles. The van der Waals surface area contributed by atoms with E-state index in [2.05, 4.69) is 30.9 Å². The summed E-state index contributed by atoms with van der Waals surface area (Å²) in [4.78, 5) is 16.8. The molecular formula is C32H40Cl2N2O3. The van der Waals surface area contributed by atoms with Crippen LogP contribution in [0.1, 0.15) is 90.3 Å². The number of benzene rings is 2. The molecule has 39 heavy (non-hydrogen) atoms. The molecule has 2 aromatic carbocycles. The van der Waals surface area contributed by atoms with E-state index >= 15 is 0 Å². The van der Waals surface area contributed by atoms with E-state index in [1.54, 1.807) is 0 Å². The molecule has 210 valence electrons. The number of amides is 1. The van der Waals surface area contributed by atoms with Crippen LogP contribution in [0.5, 0.6) is 0 Å². The molecule has 2 fully saturated rings. The fourth-order valence-corrected chi connectivity index (χ4v) is 6.73. The number of ether oxygens (including phenoxy) is 2. The number of piperidine rings is 1. The highest BCUT2D eigenvalue weighted by molar-refractivity contribution is 6.30. The zero-order chi connectivity index (χ0) is 28.6. The maximum absolute atomic E-state index is 14.8. The third-order valence-corrected chi connectivity index (χ3v) is 8.74. The summed E-state index contributed by atoms with van der Waals surface area (Å²) in [5.74, 6) is -0.601. The number of hydrogen-bond acceptors (Lipinski definition) is 4. The lowest BCUT2D eigenvalue weighted by atomic mass is 9.66. The van der Waals surface area contributed by atoms with Gasteiger partial charge in [-0.1, -0.05) is 61.3 Å². The fourth-order valence-electron chi connectivity index (χ4n) is 6.41. The van der Waals surface area contributed by atoms with Gasteiger partial charge in [0, 0.05) is 27.4 Å². The van der Waals surface area contributed by atoms with E-state index in [0.29, 0.717) is 35.9 Å². The van der Waals surface area contributed by atoms with Gasteiger partial charge in [-0.05, 0) is 88.8 Å². The molecule has 2 aromatic rings. The predicted molar refractivity (Wildman–Crippen MR) is 156 cm³/mol. The molecule has 1 unspecified atom stereocenters. The molecular weight excluding hydrogens is 531 g/mol. The maximum atomic E-state index is 14.8. The summed E-state index contributed by atoms with van der Waals surface area (Å²) in [5.41, 5.74) is 0.824. The van der Waals surface area contributed by atoms with Gasteiger partial charge in [0.25, 0.3) is 0 Å². The summed E-state index contributed by atoms with van der Waals surface area (Å²) >= 11 is 12.8. The first-order chi connectivity index (χ1) is 18.3. The second-order valence-corrected chi connectivity index (χ2v) is 13.4. The monoisotopic (exact) mass is 570 g/mol. The lowest BCUT2D eigenvalue weighted by molar-refractivity contribution is -0.163. The van der Waals surface area contributed by atoms with Crippen LogP contribution < -0.4 is 0 Å². The number of likely N-dealkylation sites (tertiary alicyclic amines) is 1. The van der Waals surface area contributed by atoms with Crippen LogP contribution >= 0.6 is 23.2 Å². The minimum absolute atomic E-state index is 0.0258. The first kappa shape index (κ1) is 29.9. The molecule has 1 amide bonds. The molecule has 0 aromatic heterocycles. The molecule has 2 aliphatic rings. The second kappa shape index (κ2) is 11.4. The zero-order valence-electron chi connectivity index (χ0n) is 23.8. The highest BCUT2D eigenvalue weighted by atomic mass is 35.5. The van der Waals surface area contributed by atoms with Crippen molar-refractivity contribution in [2.75, 3.05) is 6.61 Å². The molecule has 2 heterocycles.